The van der Waals surface area contributed by atoms with Gasteiger partial charge in [0, 0.05) is 53.7 Å². The highest BCUT2D eigenvalue weighted by atomic mass is 79.9. The van der Waals surface area contributed by atoms with Gasteiger partial charge in [-0.1, -0.05) is 22.0 Å². The molecule has 6 heteroatoms. The second-order valence-corrected chi connectivity index (χ2v) is 7.63. The lowest BCUT2D eigenvalue weighted by Gasteiger charge is -2.33. The Morgan fingerprint density at radius 1 is 1.25 bits per heavy atom. The van der Waals surface area contributed by atoms with Crippen LogP contribution in [-0.2, 0) is 11.3 Å². The molecule has 1 amide bonds. The molecule has 1 fully saturated rings. The molecule has 1 aliphatic heterocycles. The molecule has 0 bridgehead atoms. The van der Waals surface area contributed by atoms with E-state index in [1.165, 1.54) is 17.0 Å². The maximum Gasteiger partial charge on any atom is 0.246 e. The van der Waals surface area contributed by atoms with Crippen LogP contribution in [0.5, 0.6) is 0 Å². The number of carbonyl (C=O) groups excluding carboxylic acids is 1. The molecule has 1 aromatic carbocycles. The maximum atomic E-state index is 13.7. The zero-order chi connectivity index (χ0) is 16.9. The summed E-state index contributed by atoms with van der Waals surface area (Å²) in [7, 11) is 0. The summed E-state index contributed by atoms with van der Waals surface area (Å²) < 4.78 is 14.5. The number of rotatable bonds is 4. The zero-order valence-electron chi connectivity index (χ0n) is 13.1. The first-order valence-electron chi connectivity index (χ1n) is 7.78. The Kier molecular flexibility index (Phi) is 5.81. The first-order chi connectivity index (χ1) is 11.6. The van der Waals surface area contributed by atoms with E-state index >= 15 is 0 Å². The van der Waals surface area contributed by atoms with Crippen LogP contribution >= 0.6 is 27.3 Å². The minimum absolute atomic E-state index is 0.0647. The normalized spacial score (nSPS) is 16.0. The third-order valence-electron chi connectivity index (χ3n) is 4.01. The predicted molar refractivity (Wildman–Crippen MR) is 99.3 cm³/mol. The first kappa shape index (κ1) is 17.3. The molecular formula is C18H18BrFN2OS. The molecule has 0 atom stereocenters. The lowest BCUT2D eigenvalue weighted by Crippen LogP contribution is -2.47. The number of hydrogen-bond donors (Lipinski definition) is 0. The van der Waals surface area contributed by atoms with Gasteiger partial charge >= 0.3 is 0 Å². The fourth-order valence-corrected chi connectivity index (χ4v) is 3.78. The summed E-state index contributed by atoms with van der Waals surface area (Å²) in [6.45, 7) is 4.08. The van der Waals surface area contributed by atoms with E-state index in [0.717, 1.165) is 24.1 Å². The highest BCUT2D eigenvalue weighted by Crippen LogP contribution is 2.17. The van der Waals surface area contributed by atoms with Crippen LogP contribution in [0.15, 0.2) is 46.3 Å². The third kappa shape index (κ3) is 4.53. The van der Waals surface area contributed by atoms with Gasteiger partial charge in [0.05, 0.1) is 0 Å². The molecule has 0 unspecified atom stereocenters. The van der Waals surface area contributed by atoms with Gasteiger partial charge in [0.2, 0.25) is 5.91 Å². The Morgan fingerprint density at radius 3 is 2.75 bits per heavy atom. The molecule has 0 aliphatic carbocycles. The number of thiophene rings is 1. The van der Waals surface area contributed by atoms with Crippen molar-refractivity contribution in [3.8, 4) is 0 Å². The predicted octanol–water partition coefficient (Wildman–Crippen LogP) is 4.01. The van der Waals surface area contributed by atoms with Gasteiger partial charge in [-0.3, -0.25) is 9.69 Å². The summed E-state index contributed by atoms with van der Waals surface area (Å²) in [6.07, 6.45) is 3.00. The number of amides is 1. The van der Waals surface area contributed by atoms with Crippen LogP contribution in [0.2, 0.25) is 0 Å². The molecule has 0 radical (unpaired) electrons. The molecule has 0 N–H and O–H groups in total. The quantitative estimate of drug-likeness (QED) is 0.713. The van der Waals surface area contributed by atoms with Gasteiger partial charge in [0.15, 0.2) is 0 Å². The van der Waals surface area contributed by atoms with Crippen LogP contribution < -0.4 is 0 Å². The van der Waals surface area contributed by atoms with Gasteiger partial charge in [-0.15, -0.1) is 11.3 Å². The second kappa shape index (κ2) is 8.05. The molecule has 2 heterocycles. The van der Waals surface area contributed by atoms with Crippen molar-refractivity contribution in [1.82, 2.24) is 9.80 Å². The minimum atomic E-state index is -0.331. The van der Waals surface area contributed by atoms with Gasteiger partial charge in [0.25, 0.3) is 0 Å². The molecule has 2 aromatic rings. The van der Waals surface area contributed by atoms with E-state index < -0.39 is 0 Å². The van der Waals surface area contributed by atoms with Crippen molar-refractivity contribution in [2.24, 2.45) is 0 Å². The standard InChI is InChI=1S/C18H18BrFN2OS/c19-15-4-5-17(20)14(12-15)3-6-18(23)22-9-7-21(8-10-22)13-16-2-1-11-24-16/h1-6,11-12H,7-10,13H2/b6-3+. The van der Waals surface area contributed by atoms with Crippen molar-refractivity contribution in [3.05, 3.63) is 62.5 Å². The van der Waals surface area contributed by atoms with E-state index in [-0.39, 0.29) is 11.7 Å². The molecule has 1 aromatic heterocycles. The summed E-state index contributed by atoms with van der Waals surface area (Å²) in [5.41, 5.74) is 0.411. The van der Waals surface area contributed by atoms with Crippen LogP contribution in [0.1, 0.15) is 10.4 Å². The Balaban J connectivity index is 1.53. The van der Waals surface area contributed by atoms with Gasteiger partial charge in [0.1, 0.15) is 5.82 Å². The number of hydrogen-bond acceptors (Lipinski definition) is 3. The van der Waals surface area contributed by atoms with E-state index in [9.17, 15) is 9.18 Å². The monoisotopic (exact) mass is 408 g/mol. The topological polar surface area (TPSA) is 23.6 Å². The zero-order valence-corrected chi connectivity index (χ0v) is 15.5. The van der Waals surface area contributed by atoms with E-state index in [0.29, 0.717) is 18.7 Å². The molecule has 3 rings (SSSR count). The first-order valence-corrected chi connectivity index (χ1v) is 9.46. The fourth-order valence-electron chi connectivity index (χ4n) is 2.66. The molecular weight excluding hydrogens is 391 g/mol. The van der Waals surface area contributed by atoms with E-state index in [4.69, 9.17) is 0 Å². The van der Waals surface area contributed by atoms with E-state index in [1.807, 2.05) is 4.90 Å². The van der Waals surface area contributed by atoms with Gasteiger partial charge in [-0.05, 0) is 35.7 Å². The van der Waals surface area contributed by atoms with Gasteiger partial charge < -0.3 is 4.90 Å². The van der Waals surface area contributed by atoms with Gasteiger partial charge in [-0.2, -0.15) is 0 Å². The van der Waals surface area contributed by atoms with Crippen LogP contribution in [0, 0.1) is 5.82 Å². The number of benzene rings is 1. The molecule has 1 saturated heterocycles. The average Bonchev–Trinajstić information content (AvgIpc) is 3.09. The number of nitrogens with zero attached hydrogens (tertiary/aromatic N) is 2. The Morgan fingerprint density at radius 2 is 2.04 bits per heavy atom. The van der Waals surface area contributed by atoms with Crippen LogP contribution in [-0.4, -0.2) is 41.9 Å². The number of carbonyl (C=O) groups is 1. The fraction of sp³-hybridized carbons (Fsp3) is 0.278. The SMILES string of the molecule is O=C(/C=C/c1cc(Br)ccc1F)N1CCN(Cc2cccs2)CC1. The van der Waals surface area contributed by atoms with Crippen molar-refractivity contribution in [1.29, 1.82) is 0 Å². The summed E-state index contributed by atoms with van der Waals surface area (Å²) in [4.78, 5) is 17.8. The third-order valence-corrected chi connectivity index (χ3v) is 5.36. The van der Waals surface area contributed by atoms with Crippen LogP contribution in [0.4, 0.5) is 4.39 Å². The van der Waals surface area contributed by atoms with Crippen molar-refractivity contribution in [2.45, 2.75) is 6.54 Å². The highest BCUT2D eigenvalue weighted by Gasteiger charge is 2.19. The highest BCUT2D eigenvalue weighted by molar-refractivity contribution is 9.10. The Bertz CT molecular complexity index is 725. The van der Waals surface area contributed by atoms with Crippen molar-refractivity contribution in [2.75, 3.05) is 26.2 Å². The second-order valence-electron chi connectivity index (χ2n) is 5.68. The maximum absolute atomic E-state index is 13.7. The largest absolute Gasteiger partial charge is 0.337 e. The Labute approximate surface area is 153 Å². The molecule has 126 valence electrons. The summed E-state index contributed by atoms with van der Waals surface area (Å²) in [6, 6.07) is 8.89. The van der Waals surface area contributed by atoms with E-state index in [1.54, 1.807) is 29.5 Å². The summed E-state index contributed by atoms with van der Waals surface area (Å²) in [5, 5.41) is 2.08. The number of halogens is 2. The summed E-state index contributed by atoms with van der Waals surface area (Å²) >= 11 is 5.07. The van der Waals surface area contributed by atoms with Crippen LogP contribution in [0.25, 0.3) is 6.08 Å². The average molecular weight is 409 g/mol. The lowest BCUT2D eigenvalue weighted by molar-refractivity contribution is -0.127. The van der Waals surface area contributed by atoms with Gasteiger partial charge in [-0.25, -0.2) is 4.39 Å². The number of piperazine rings is 1. The molecule has 1 aliphatic rings. The molecule has 24 heavy (non-hydrogen) atoms. The molecule has 0 spiro atoms. The molecule has 3 nitrogen and oxygen atoms in total. The van der Waals surface area contributed by atoms with Crippen molar-refractivity contribution in [3.63, 3.8) is 0 Å². The Hall–Kier alpha value is -1.50. The lowest BCUT2D eigenvalue weighted by atomic mass is 10.2. The van der Waals surface area contributed by atoms with E-state index in [2.05, 4.69) is 38.3 Å². The summed E-state index contributed by atoms with van der Waals surface area (Å²) in [5.74, 6) is -0.395. The molecule has 0 saturated carbocycles. The van der Waals surface area contributed by atoms with Crippen LogP contribution in [0.3, 0.4) is 0 Å². The van der Waals surface area contributed by atoms with Crippen molar-refractivity contribution < 1.29 is 9.18 Å². The van der Waals surface area contributed by atoms with Crippen molar-refractivity contribution >= 4 is 39.2 Å². The smallest absolute Gasteiger partial charge is 0.246 e. The minimum Gasteiger partial charge on any atom is -0.337 e.